The Morgan fingerprint density at radius 3 is 2.58 bits per heavy atom. The first kappa shape index (κ1) is 18.2. The Morgan fingerprint density at radius 1 is 1.21 bits per heavy atom. The monoisotopic (exact) mass is 354 g/mol. The summed E-state index contributed by atoms with van der Waals surface area (Å²) in [6, 6.07) is 7.65. The lowest BCUT2D eigenvalue weighted by Crippen LogP contribution is -2.30. The van der Waals surface area contributed by atoms with E-state index in [0.29, 0.717) is 26.2 Å². The molecule has 6 nitrogen and oxygen atoms in total. The first-order valence-corrected chi connectivity index (χ1v) is 7.82. The zero-order chi connectivity index (χ0) is 17.4. The first-order chi connectivity index (χ1) is 11.6. The van der Waals surface area contributed by atoms with Gasteiger partial charge in [-0.1, -0.05) is 23.7 Å². The summed E-state index contributed by atoms with van der Waals surface area (Å²) in [5.41, 5.74) is 6.76. The summed E-state index contributed by atoms with van der Waals surface area (Å²) in [5.74, 6) is 1.22. The molecule has 8 heteroatoms. The van der Waals surface area contributed by atoms with Crippen molar-refractivity contribution in [2.45, 2.75) is 6.54 Å². The first-order valence-electron chi connectivity index (χ1n) is 7.44. The number of nitrogen functional groups attached to an aromatic ring is 1. The second-order valence-corrected chi connectivity index (χ2v) is 5.40. The number of benzene rings is 1. The summed E-state index contributed by atoms with van der Waals surface area (Å²) in [7, 11) is 1.62. The Hall–Kier alpha value is -2.12. The number of hydrogen-bond acceptors (Lipinski definition) is 6. The highest BCUT2D eigenvalue weighted by Crippen LogP contribution is 2.26. The van der Waals surface area contributed by atoms with Gasteiger partial charge in [0.2, 0.25) is 0 Å². The molecule has 0 spiro atoms. The molecule has 24 heavy (non-hydrogen) atoms. The number of anilines is 1. The Morgan fingerprint density at radius 2 is 1.96 bits per heavy atom. The molecule has 1 aromatic carbocycles. The fourth-order valence-electron chi connectivity index (χ4n) is 2.15. The Balaban J connectivity index is 1.90. The van der Waals surface area contributed by atoms with Crippen molar-refractivity contribution >= 4 is 17.4 Å². The lowest BCUT2D eigenvalue weighted by atomic mass is 10.2. The van der Waals surface area contributed by atoms with Crippen molar-refractivity contribution in [2.24, 2.45) is 0 Å². The van der Waals surface area contributed by atoms with Crippen LogP contribution in [-0.4, -0.2) is 48.3 Å². The molecule has 2 rings (SSSR count). The van der Waals surface area contributed by atoms with Gasteiger partial charge in [-0.2, -0.15) is 0 Å². The van der Waals surface area contributed by atoms with E-state index in [9.17, 15) is 4.39 Å². The van der Waals surface area contributed by atoms with Gasteiger partial charge in [0.15, 0.2) is 16.7 Å². The van der Waals surface area contributed by atoms with Gasteiger partial charge in [0.1, 0.15) is 25.4 Å². The predicted molar refractivity (Wildman–Crippen MR) is 91.2 cm³/mol. The third-order valence-electron chi connectivity index (χ3n) is 3.41. The maximum absolute atomic E-state index is 12.8. The number of nitrogens with two attached hydrogens (primary N) is 1. The third-order valence-corrected chi connectivity index (χ3v) is 3.68. The van der Waals surface area contributed by atoms with E-state index in [1.54, 1.807) is 7.11 Å². The Bertz CT molecular complexity index is 622. The second-order valence-electron chi connectivity index (χ2n) is 5.04. The van der Waals surface area contributed by atoms with Crippen LogP contribution in [0.3, 0.4) is 0 Å². The minimum atomic E-state index is -0.437. The molecule has 0 saturated carbocycles. The van der Waals surface area contributed by atoms with Crippen LogP contribution in [0.25, 0.3) is 0 Å². The number of aromatic nitrogens is 2. The fourth-order valence-corrected chi connectivity index (χ4v) is 2.35. The summed E-state index contributed by atoms with van der Waals surface area (Å²) in [6.45, 7) is 1.29. The van der Waals surface area contributed by atoms with E-state index >= 15 is 0 Å². The average Bonchev–Trinajstić information content (AvgIpc) is 2.58. The SMILES string of the molecule is COc1ccc(CN(CCF)CCOc2c(N)ncnc2Cl)cc1. The number of halogens is 2. The van der Waals surface area contributed by atoms with E-state index in [-0.39, 0.29) is 16.7 Å². The summed E-state index contributed by atoms with van der Waals surface area (Å²) in [6.07, 6.45) is 1.27. The molecular weight excluding hydrogens is 335 g/mol. The molecule has 0 unspecified atom stereocenters. The average molecular weight is 355 g/mol. The summed E-state index contributed by atoms with van der Waals surface area (Å²) in [4.78, 5) is 9.59. The van der Waals surface area contributed by atoms with Crippen LogP contribution >= 0.6 is 11.6 Å². The maximum Gasteiger partial charge on any atom is 0.199 e. The Labute approximate surface area is 145 Å². The standard InChI is InChI=1S/C16H20ClFN4O2/c1-23-13-4-2-12(3-5-13)10-22(7-6-18)8-9-24-14-15(17)20-11-21-16(14)19/h2-5,11H,6-10H2,1H3,(H2,19,20,21). The minimum Gasteiger partial charge on any atom is -0.497 e. The van der Waals surface area contributed by atoms with Gasteiger partial charge in [-0.25, -0.2) is 14.4 Å². The van der Waals surface area contributed by atoms with Crippen LogP contribution in [0, 0.1) is 0 Å². The van der Waals surface area contributed by atoms with Gasteiger partial charge in [-0.05, 0) is 17.7 Å². The topological polar surface area (TPSA) is 73.5 Å². The van der Waals surface area contributed by atoms with Crippen LogP contribution in [0.2, 0.25) is 5.15 Å². The van der Waals surface area contributed by atoms with Crippen molar-refractivity contribution in [1.29, 1.82) is 0 Å². The van der Waals surface area contributed by atoms with E-state index < -0.39 is 6.67 Å². The van der Waals surface area contributed by atoms with Crippen LogP contribution in [0.5, 0.6) is 11.5 Å². The van der Waals surface area contributed by atoms with Gasteiger partial charge in [-0.15, -0.1) is 0 Å². The Kier molecular flexibility index (Phi) is 7.02. The van der Waals surface area contributed by atoms with Crippen molar-refractivity contribution in [3.8, 4) is 11.5 Å². The zero-order valence-electron chi connectivity index (χ0n) is 13.4. The van der Waals surface area contributed by atoms with Crippen LogP contribution in [0.1, 0.15) is 5.56 Å². The van der Waals surface area contributed by atoms with Crippen molar-refractivity contribution in [3.63, 3.8) is 0 Å². The lowest BCUT2D eigenvalue weighted by molar-refractivity contribution is 0.190. The number of rotatable bonds is 9. The van der Waals surface area contributed by atoms with Gasteiger partial charge >= 0.3 is 0 Å². The van der Waals surface area contributed by atoms with E-state index in [0.717, 1.165) is 11.3 Å². The molecule has 0 aliphatic heterocycles. The molecule has 0 fully saturated rings. The molecule has 1 aromatic heterocycles. The number of methoxy groups -OCH3 is 1. The van der Waals surface area contributed by atoms with Crippen LogP contribution in [-0.2, 0) is 6.54 Å². The summed E-state index contributed by atoms with van der Waals surface area (Å²) < 4.78 is 23.5. The van der Waals surface area contributed by atoms with E-state index in [1.807, 2.05) is 29.2 Å². The van der Waals surface area contributed by atoms with Gasteiger partial charge in [-0.3, -0.25) is 4.90 Å². The van der Waals surface area contributed by atoms with Gasteiger partial charge in [0, 0.05) is 19.6 Å². The molecule has 0 bridgehead atoms. The predicted octanol–water partition coefficient (Wildman–Crippen LogP) is 2.57. The lowest BCUT2D eigenvalue weighted by Gasteiger charge is -2.21. The quantitative estimate of drug-likeness (QED) is 0.698. The highest BCUT2D eigenvalue weighted by Gasteiger charge is 2.11. The highest BCUT2D eigenvalue weighted by atomic mass is 35.5. The van der Waals surface area contributed by atoms with Crippen molar-refractivity contribution < 1.29 is 13.9 Å². The summed E-state index contributed by atoms with van der Waals surface area (Å²) in [5, 5.41) is 0.162. The maximum atomic E-state index is 12.8. The van der Waals surface area contributed by atoms with E-state index in [4.69, 9.17) is 26.8 Å². The van der Waals surface area contributed by atoms with Gasteiger partial charge in [0.25, 0.3) is 0 Å². The number of alkyl halides is 1. The molecule has 0 aliphatic rings. The smallest absolute Gasteiger partial charge is 0.199 e. The van der Waals surface area contributed by atoms with Crippen LogP contribution in [0.15, 0.2) is 30.6 Å². The van der Waals surface area contributed by atoms with Crippen molar-refractivity contribution in [3.05, 3.63) is 41.3 Å². The molecule has 0 saturated heterocycles. The minimum absolute atomic E-state index is 0.162. The molecule has 0 amide bonds. The third kappa shape index (κ3) is 5.21. The highest BCUT2D eigenvalue weighted by molar-refractivity contribution is 6.31. The molecule has 0 radical (unpaired) electrons. The fraction of sp³-hybridized carbons (Fsp3) is 0.375. The molecule has 130 valence electrons. The van der Waals surface area contributed by atoms with Gasteiger partial charge in [0.05, 0.1) is 7.11 Å². The zero-order valence-corrected chi connectivity index (χ0v) is 14.2. The number of hydrogen-bond donors (Lipinski definition) is 1. The largest absolute Gasteiger partial charge is 0.497 e. The molecular formula is C16H20ClFN4O2. The normalized spacial score (nSPS) is 10.8. The number of nitrogens with zero attached hydrogens (tertiary/aromatic N) is 3. The number of ether oxygens (including phenoxy) is 2. The second kappa shape index (κ2) is 9.24. The van der Waals surface area contributed by atoms with Crippen molar-refractivity contribution in [2.75, 3.05) is 39.2 Å². The molecule has 2 aromatic rings. The van der Waals surface area contributed by atoms with E-state index in [2.05, 4.69) is 9.97 Å². The van der Waals surface area contributed by atoms with Crippen molar-refractivity contribution in [1.82, 2.24) is 14.9 Å². The van der Waals surface area contributed by atoms with Crippen LogP contribution < -0.4 is 15.2 Å². The molecule has 0 aliphatic carbocycles. The summed E-state index contributed by atoms with van der Waals surface area (Å²) >= 11 is 5.92. The molecule has 1 heterocycles. The van der Waals surface area contributed by atoms with Gasteiger partial charge < -0.3 is 15.2 Å². The van der Waals surface area contributed by atoms with E-state index in [1.165, 1.54) is 6.33 Å². The molecule has 2 N–H and O–H groups in total. The van der Waals surface area contributed by atoms with Crippen LogP contribution in [0.4, 0.5) is 10.2 Å². The molecule has 0 atom stereocenters.